The summed E-state index contributed by atoms with van der Waals surface area (Å²) in [6.07, 6.45) is 2.89. The molecule has 1 unspecified atom stereocenters. The van der Waals surface area contributed by atoms with Crippen LogP contribution < -0.4 is 15.5 Å². The largest absolute Gasteiger partial charge is 0.368 e. The molecule has 3 rings (SSSR count). The Morgan fingerprint density at radius 1 is 1.29 bits per heavy atom. The fourth-order valence-electron chi connectivity index (χ4n) is 2.87. The molecule has 24 heavy (non-hydrogen) atoms. The van der Waals surface area contributed by atoms with Crippen LogP contribution in [0.1, 0.15) is 12.1 Å². The van der Waals surface area contributed by atoms with Crippen molar-refractivity contribution in [3.05, 3.63) is 58.8 Å². The summed E-state index contributed by atoms with van der Waals surface area (Å²) in [6.45, 7) is 2.67. The Morgan fingerprint density at radius 2 is 2.12 bits per heavy atom. The SMILES string of the molecule is CN=C(NCc1ccccn1)NC1CCN(c2ccccc2Br)C1. The highest BCUT2D eigenvalue weighted by atomic mass is 79.9. The molecule has 1 fully saturated rings. The van der Waals surface area contributed by atoms with Crippen molar-refractivity contribution in [1.82, 2.24) is 15.6 Å². The number of nitrogens with one attached hydrogen (secondary N) is 2. The van der Waals surface area contributed by atoms with E-state index < -0.39 is 0 Å². The van der Waals surface area contributed by atoms with E-state index in [1.807, 2.05) is 24.3 Å². The predicted molar refractivity (Wildman–Crippen MR) is 102 cm³/mol. The first-order valence-electron chi connectivity index (χ1n) is 8.13. The van der Waals surface area contributed by atoms with Gasteiger partial charge in [-0.05, 0) is 46.6 Å². The fourth-order valence-corrected chi connectivity index (χ4v) is 3.41. The lowest BCUT2D eigenvalue weighted by Crippen LogP contribution is -2.44. The number of para-hydroxylation sites is 1. The molecule has 1 aromatic carbocycles. The van der Waals surface area contributed by atoms with Crippen molar-refractivity contribution in [3.63, 3.8) is 0 Å². The van der Waals surface area contributed by atoms with Gasteiger partial charge in [0.1, 0.15) is 0 Å². The number of guanidine groups is 1. The molecule has 0 amide bonds. The van der Waals surface area contributed by atoms with Crippen molar-refractivity contribution in [1.29, 1.82) is 0 Å². The number of anilines is 1. The summed E-state index contributed by atoms with van der Waals surface area (Å²) in [5.74, 6) is 0.819. The lowest BCUT2D eigenvalue weighted by Gasteiger charge is -2.21. The summed E-state index contributed by atoms with van der Waals surface area (Å²) in [5, 5.41) is 6.84. The number of halogens is 1. The molecule has 6 heteroatoms. The molecule has 0 bridgehead atoms. The van der Waals surface area contributed by atoms with E-state index in [4.69, 9.17) is 0 Å². The minimum absolute atomic E-state index is 0.382. The predicted octanol–water partition coefficient (Wildman–Crippen LogP) is 2.79. The topological polar surface area (TPSA) is 52.6 Å². The van der Waals surface area contributed by atoms with Gasteiger partial charge in [-0.15, -0.1) is 0 Å². The molecule has 2 heterocycles. The third-order valence-corrected chi connectivity index (χ3v) is 4.78. The highest BCUT2D eigenvalue weighted by Crippen LogP contribution is 2.28. The smallest absolute Gasteiger partial charge is 0.191 e. The summed E-state index contributed by atoms with van der Waals surface area (Å²) >= 11 is 3.64. The number of benzene rings is 1. The fraction of sp³-hybridized carbons (Fsp3) is 0.333. The number of hydrogen-bond acceptors (Lipinski definition) is 3. The molecular weight excluding hydrogens is 366 g/mol. The van der Waals surface area contributed by atoms with Crippen molar-refractivity contribution in [2.75, 3.05) is 25.0 Å². The number of rotatable bonds is 4. The molecule has 0 spiro atoms. The number of nitrogens with zero attached hydrogens (tertiary/aromatic N) is 3. The van der Waals surface area contributed by atoms with Crippen LogP contribution in [0.4, 0.5) is 5.69 Å². The van der Waals surface area contributed by atoms with Gasteiger partial charge in [0.2, 0.25) is 0 Å². The lowest BCUT2D eigenvalue weighted by molar-refractivity contribution is 0.647. The van der Waals surface area contributed by atoms with Gasteiger partial charge >= 0.3 is 0 Å². The van der Waals surface area contributed by atoms with E-state index in [1.54, 1.807) is 13.2 Å². The second-order valence-corrected chi connectivity index (χ2v) is 6.63. The number of aliphatic imine (C=N–C) groups is 1. The number of hydrogen-bond donors (Lipinski definition) is 2. The van der Waals surface area contributed by atoms with Crippen LogP contribution in [-0.4, -0.2) is 37.1 Å². The zero-order valence-electron chi connectivity index (χ0n) is 13.7. The molecule has 1 saturated heterocycles. The van der Waals surface area contributed by atoms with Crippen LogP contribution >= 0.6 is 15.9 Å². The first-order chi connectivity index (χ1) is 11.8. The normalized spacial score (nSPS) is 17.8. The Kier molecular flexibility index (Phi) is 5.69. The first-order valence-corrected chi connectivity index (χ1v) is 8.92. The second-order valence-electron chi connectivity index (χ2n) is 5.77. The summed E-state index contributed by atoms with van der Waals surface area (Å²) < 4.78 is 1.14. The maximum Gasteiger partial charge on any atom is 0.191 e. The zero-order chi connectivity index (χ0) is 16.8. The molecule has 0 radical (unpaired) electrons. The van der Waals surface area contributed by atoms with E-state index >= 15 is 0 Å². The van der Waals surface area contributed by atoms with Gasteiger partial charge in [-0.3, -0.25) is 9.98 Å². The molecule has 5 nitrogen and oxygen atoms in total. The average Bonchev–Trinajstić information content (AvgIpc) is 3.08. The first kappa shape index (κ1) is 16.8. The van der Waals surface area contributed by atoms with Gasteiger partial charge < -0.3 is 15.5 Å². The summed E-state index contributed by atoms with van der Waals surface area (Å²) in [5.41, 5.74) is 2.25. The van der Waals surface area contributed by atoms with E-state index in [9.17, 15) is 0 Å². The van der Waals surface area contributed by atoms with E-state index in [1.165, 1.54) is 5.69 Å². The van der Waals surface area contributed by atoms with E-state index in [2.05, 4.69) is 59.6 Å². The molecular formula is C18H22BrN5. The van der Waals surface area contributed by atoms with Gasteiger partial charge in [-0.2, -0.15) is 0 Å². The van der Waals surface area contributed by atoms with Gasteiger partial charge in [-0.1, -0.05) is 18.2 Å². The Hall–Kier alpha value is -2.08. The molecule has 1 aromatic heterocycles. The van der Waals surface area contributed by atoms with Crippen LogP contribution in [0, 0.1) is 0 Å². The van der Waals surface area contributed by atoms with E-state index in [-0.39, 0.29) is 0 Å². The Morgan fingerprint density at radius 3 is 2.88 bits per heavy atom. The number of aromatic nitrogens is 1. The Labute approximate surface area is 151 Å². The van der Waals surface area contributed by atoms with Gasteiger partial charge in [0.05, 0.1) is 17.9 Å². The molecule has 126 valence electrons. The average molecular weight is 388 g/mol. The third-order valence-electron chi connectivity index (χ3n) is 4.11. The third kappa shape index (κ3) is 4.26. The van der Waals surface area contributed by atoms with Gasteiger partial charge in [-0.25, -0.2) is 0 Å². The summed E-state index contributed by atoms with van der Waals surface area (Å²) in [4.78, 5) is 11.0. The van der Waals surface area contributed by atoms with Crippen LogP contribution in [0.3, 0.4) is 0 Å². The van der Waals surface area contributed by atoms with Crippen LogP contribution in [0.2, 0.25) is 0 Å². The van der Waals surface area contributed by atoms with Gasteiger partial charge in [0.25, 0.3) is 0 Å². The second kappa shape index (κ2) is 8.15. The molecule has 1 aliphatic rings. The van der Waals surface area contributed by atoms with Crippen molar-refractivity contribution in [2.45, 2.75) is 19.0 Å². The van der Waals surface area contributed by atoms with Crippen LogP contribution in [0.25, 0.3) is 0 Å². The quantitative estimate of drug-likeness (QED) is 0.625. The number of pyridine rings is 1. The van der Waals surface area contributed by atoms with E-state index in [0.717, 1.165) is 35.6 Å². The lowest BCUT2D eigenvalue weighted by atomic mass is 10.2. The van der Waals surface area contributed by atoms with Gasteiger partial charge in [0.15, 0.2) is 5.96 Å². The molecule has 1 aliphatic heterocycles. The summed E-state index contributed by atoms with van der Waals surface area (Å²) in [7, 11) is 1.80. The zero-order valence-corrected chi connectivity index (χ0v) is 15.3. The van der Waals surface area contributed by atoms with Gasteiger partial charge in [0, 0.05) is 36.8 Å². The van der Waals surface area contributed by atoms with Crippen molar-refractivity contribution in [2.24, 2.45) is 4.99 Å². The molecule has 2 N–H and O–H groups in total. The minimum Gasteiger partial charge on any atom is -0.368 e. The highest BCUT2D eigenvalue weighted by Gasteiger charge is 2.24. The standard InChI is InChI=1S/C18H22BrN5/c1-20-18(22-12-14-6-4-5-10-21-14)23-15-9-11-24(13-15)17-8-3-2-7-16(17)19/h2-8,10,15H,9,11-13H2,1H3,(H2,20,22,23). The molecule has 0 saturated carbocycles. The van der Waals surface area contributed by atoms with Crippen LogP contribution in [0.15, 0.2) is 58.1 Å². The molecule has 0 aliphatic carbocycles. The van der Waals surface area contributed by atoms with Crippen molar-refractivity contribution < 1.29 is 0 Å². The highest BCUT2D eigenvalue weighted by molar-refractivity contribution is 9.10. The molecule has 1 atom stereocenters. The van der Waals surface area contributed by atoms with Crippen molar-refractivity contribution in [3.8, 4) is 0 Å². The van der Waals surface area contributed by atoms with E-state index in [0.29, 0.717) is 12.6 Å². The minimum atomic E-state index is 0.382. The maximum atomic E-state index is 4.32. The molecule has 2 aromatic rings. The monoisotopic (exact) mass is 387 g/mol. The Bertz CT molecular complexity index is 689. The summed E-state index contributed by atoms with van der Waals surface area (Å²) in [6, 6.07) is 14.7. The Balaban J connectivity index is 1.53. The van der Waals surface area contributed by atoms with Crippen LogP contribution in [-0.2, 0) is 6.54 Å². The van der Waals surface area contributed by atoms with Crippen LogP contribution in [0.5, 0.6) is 0 Å². The maximum absolute atomic E-state index is 4.32. The van der Waals surface area contributed by atoms with Crippen molar-refractivity contribution >= 4 is 27.6 Å².